The molecule has 0 saturated heterocycles. The van der Waals surface area contributed by atoms with Crippen molar-refractivity contribution in [1.29, 1.82) is 0 Å². The van der Waals surface area contributed by atoms with Crippen LogP contribution >= 0.6 is 11.6 Å². The van der Waals surface area contributed by atoms with E-state index in [1.807, 2.05) is 18.2 Å². The van der Waals surface area contributed by atoms with Crippen molar-refractivity contribution in [3.8, 4) is 11.5 Å². The smallest absolute Gasteiger partial charge is 0.319 e. The van der Waals surface area contributed by atoms with E-state index in [1.165, 1.54) is 12.7 Å². The first kappa shape index (κ1) is 17.9. The normalized spacial score (nSPS) is 10.1. The van der Waals surface area contributed by atoms with Crippen LogP contribution in [0.2, 0.25) is 5.02 Å². The molecule has 0 aliphatic rings. The Kier molecular flexibility index (Phi) is 6.75. The third-order valence-corrected chi connectivity index (χ3v) is 3.61. The molecule has 0 aliphatic carbocycles. The Balaban J connectivity index is 1.78. The lowest BCUT2D eigenvalue weighted by Crippen LogP contribution is -2.32. The van der Waals surface area contributed by atoms with Gasteiger partial charge in [0.25, 0.3) is 0 Å². The van der Waals surface area contributed by atoms with E-state index in [0.29, 0.717) is 29.6 Å². The molecule has 5 nitrogen and oxygen atoms in total. The second kappa shape index (κ2) is 9.03. The van der Waals surface area contributed by atoms with Crippen LogP contribution in [0, 0.1) is 0 Å². The first-order chi connectivity index (χ1) is 11.6. The number of ether oxygens (including phenoxy) is 2. The third-order valence-electron chi connectivity index (χ3n) is 3.37. The largest absolute Gasteiger partial charge is 0.495 e. The molecule has 6 heteroatoms. The molecule has 0 heterocycles. The van der Waals surface area contributed by atoms with Gasteiger partial charge in [-0.05, 0) is 42.3 Å². The molecule has 2 rings (SSSR count). The molecule has 0 bridgehead atoms. The van der Waals surface area contributed by atoms with Crippen LogP contribution < -0.4 is 20.1 Å². The quantitative estimate of drug-likeness (QED) is 0.740. The number of benzene rings is 2. The van der Waals surface area contributed by atoms with Gasteiger partial charge in [-0.15, -0.1) is 0 Å². The fourth-order valence-corrected chi connectivity index (χ4v) is 2.31. The van der Waals surface area contributed by atoms with Gasteiger partial charge in [-0.2, -0.15) is 0 Å². The van der Waals surface area contributed by atoms with E-state index in [-0.39, 0.29) is 6.03 Å². The molecular weight excluding hydrogens is 328 g/mol. The van der Waals surface area contributed by atoms with Gasteiger partial charge in [0.1, 0.15) is 18.1 Å². The Morgan fingerprint density at radius 3 is 2.79 bits per heavy atom. The van der Waals surface area contributed by atoms with Crippen molar-refractivity contribution in [1.82, 2.24) is 5.32 Å². The summed E-state index contributed by atoms with van der Waals surface area (Å²) in [6, 6.07) is 12.6. The number of rotatable bonds is 7. The Bertz CT molecular complexity index is 692. The summed E-state index contributed by atoms with van der Waals surface area (Å²) in [5, 5.41) is 5.95. The summed E-state index contributed by atoms with van der Waals surface area (Å²) in [6.45, 7) is 2.85. The van der Waals surface area contributed by atoms with E-state index < -0.39 is 0 Å². The average molecular weight is 349 g/mol. The summed E-state index contributed by atoms with van der Waals surface area (Å²) in [4.78, 5) is 11.9. The Morgan fingerprint density at radius 2 is 2.04 bits per heavy atom. The molecule has 128 valence electrons. The van der Waals surface area contributed by atoms with Gasteiger partial charge in [0, 0.05) is 5.02 Å². The summed E-state index contributed by atoms with van der Waals surface area (Å²) in [7, 11) is 1.53. The number of urea groups is 1. The molecule has 0 spiro atoms. The van der Waals surface area contributed by atoms with Gasteiger partial charge in [-0.25, -0.2) is 4.79 Å². The van der Waals surface area contributed by atoms with Crippen molar-refractivity contribution in [2.75, 3.05) is 25.6 Å². The minimum atomic E-state index is -0.346. The Hall–Kier alpha value is -2.40. The zero-order chi connectivity index (χ0) is 17.4. The lowest BCUT2D eigenvalue weighted by Gasteiger charge is -2.12. The van der Waals surface area contributed by atoms with Crippen molar-refractivity contribution in [2.45, 2.75) is 13.3 Å². The zero-order valence-corrected chi connectivity index (χ0v) is 14.5. The van der Waals surface area contributed by atoms with Crippen molar-refractivity contribution < 1.29 is 14.3 Å². The van der Waals surface area contributed by atoms with Gasteiger partial charge in [0.05, 0.1) is 19.3 Å². The highest BCUT2D eigenvalue weighted by Crippen LogP contribution is 2.27. The van der Waals surface area contributed by atoms with Gasteiger partial charge in [0.15, 0.2) is 0 Å². The van der Waals surface area contributed by atoms with Crippen LogP contribution in [0.25, 0.3) is 0 Å². The number of hydrogen-bond donors (Lipinski definition) is 2. The maximum absolute atomic E-state index is 11.9. The van der Waals surface area contributed by atoms with Crippen LogP contribution in [0.3, 0.4) is 0 Å². The van der Waals surface area contributed by atoms with E-state index in [0.717, 1.165) is 12.2 Å². The molecule has 0 aromatic heterocycles. The van der Waals surface area contributed by atoms with E-state index in [2.05, 4.69) is 23.6 Å². The monoisotopic (exact) mass is 348 g/mol. The number of halogens is 1. The van der Waals surface area contributed by atoms with E-state index in [9.17, 15) is 4.79 Å². The second-order valence-corrected chi connectivity index (χ2v) is 5.51. The fraction of sp³-hybridized carbons (Fsp3) is 0.278. The van der Waals surface area contributed by atoms with Crippen molar-refractivity contribution in [3.63, 3.8) is 0 Å². The van der Waals surface area contributed by atoms with Crippen LogP contribution in [-0.2, 0) is 6.42 Å². The first-order valence-electron chi connectivity index (χ1n) is 7.72. The Labute approximate surface area is 146 Å². The lowest BCUT2D eigenvalue weighted by molar-refractivity contribution is 0.247. The molecule has 2 amide bonds. The van der Waals surface area contributed by atoms with Gasteiger partial charge in [-0.1, -0.05) is 30.7 Å². The molecule has 0 saturated carbocycles. The molecule has 0 aliphatic heterocycles. The van der Waals surface area contributed by atoms with Gasteiger partial charge < -0.3 is 20.1 Å². The number of amides is 2. The molecule has 2 aromatic rings. The summed E-state index contributed by atoms with van der Waals surface area (Å²) in [5.74, 6) is 1.34. The van der Waals surface area contributed by atoms with Gasteiger partial charge in [-0.3, -0.25) is 0 Å². The molecule has 0 atom stereocenters. The van der Waals surface area contributed by atoms with Gasteiger partial charge in [0.2, 0.25) is 0 Å². The van der Waals surface area contributed by atoms with E-state index in [4.69, 9.17) is 21.1 Å². The molecule has 0 unspecified atom stereocenters. The summed E-state index contributed by atoms with van der Waals surface area (Å²) in [5.41, 5.74) is 1.73. The number of hydrogen-bond acceptors (Lipinski definition) is 3. The van der Waals surface area contributed by atoms with Crippen LogP contribution in [0.1, 0.15) is 12.5 Å². The SMILES string of the molecule is CCc1cccc(OCCNC(=O)Nc2cc(Cl)ccc2OC)c1. The predicted octanol–water partition coefficient (Wildman–Crippen LogP) is 4.11. The average Bonchev–Trinajstić information content (AvgIpc) is 2.59. The van der Waals surface area contributed by atoms with Gasteiger partial charge >= 0.3 is 6.03 Å². The van der Waals surface area contributed by atoms with Crippen molar-refractivity contribution in [2.24, 2.45) is 0 Å². The summed E-state index contributed by atoms with van der Waals surface area (Å²) < 4.78 is 10.8. The topological polar surface area (TPSA) is 59.6 Å². The molecular formula is C18H21ClN2O3. The standard InChI is InChI=1S/C18H21ClN2O3/c1-3-13-5-4-6-15(11-13)24-10-9-20-18(22)21-16-12-14(19)7-8-17(16)23-2/h4-8,11-12H,3,9-10H2,1-2H3,(H2,20,21,22). The van der Waals surface area contributed by atoms with Crippen molar-refractivity contribution in [3.05, 3.63) is 53.1 Å². The highest BCUT2D eigenvalue weighted by Gasteiger charge is 2.07. The number of methoxy groups -OCH3 is 1. The van der Waals surface area contributed by atoms with Crippen LogP contribution in [0.5, 0.6) is 11.5 Å². The fourth-order valence-electron chi connectivity index (χ4n) is 2.13. The van der Waals surface area contributed by atoms with Crippen molar-refractivity contribution >= 4 is 23.3 Å². The zero-order valence-electron chi connectivity index (χ0n) is 13.8. The highest BCUT2D eigenvalue weighted by atomic mass is 35.5. The highest BCUT2D eigenvalue weighted by molar-refractivity contribution is 6.31. The number of carbonyl (C=O) groups is 1. The number of nitrogens with one attached hydrogen (secondary N) is 2. The minimum Gasteiger partial charge on any atom is -0.495 e. The molecule has 24 heavy (non-hydrogen) atoms. The molecule has 2 N–H and O–H groups in total. The minimum absolute atomic E-state index is 0.346. The van der Waals surface area contributed by atoms with E-state index in [1.54, 1.807) is 18.2 Å². The lowest BCUT2D eigenvalue weighted by atomic mass is 10.2. The number of carbonyl (C=O) groups excluding carboxylic acids is 1. The van der Waals surface area contributed by atoms with Crippen LogP contribution in [0.15, 0.2) is 42.5 Å². The first-order valence-corrected chi connectivity index (χ1v) is 8.10. The maximum atomic E-state index is 11.9. The molecule has 0 radical (unpaired) electrons. The molecule has 0 fully saturated rings. The summed E-state index contributed by atoms with van der Waals surface area (Å²) >= 11 is 5.93. The van der Waals surface area contributed by atoms with Crippen LogP contribution in [0.4, 0.5) is 10.5 Å². The number of aryl methyl sites for hydroxylation is 1. The maximum Gasteiger partial charge on any atom is 0.319 e. The van der Waals surface area contributed by atoms with E-state index >= 15 is 0 Å². The predicted molar refractivity (Wildman–Crippen MR) is 96.3 cm³/mol. The summed E-state index contributed by atoms with van der Waals surface area (Å²) in [6.07, 6.45) is 0.958. The Morgan fingerprint density at radius 1 is 1.21 bits per heavy atom. The van der Waals surface area contributed by atoms with Crippen LogP contribution in [-0.4, -0.2) is 26.3 Å². The third kappa shape index (κ3) is 5.35. The molecule has 2 aromatic carbocycles. The second-order valence-electron chi connectivity index (χ2n) is 5.07. The number of anilines is 1.